The first-order valence-corrected chi connectivity index (χ1v) is 7.11. The van der Waals surface area contributed by atoms with Crippen LogP contribution in [0.25, 0.3) is 0 Å². The molecule has 0 radical (unpaired) electrons. The highest BCUT2D eigenvalue weighted by Gasteiger charge is 2.24. The van der Waals surface area contributed by atoms with Crippen LogP contribution in [0.3, 0.4) is 0 Å². The summed E-state index contributed by atoms with van der Waals surface area (Å²) >= 11 is 0. The molecule has 0 unspecified atom stereocenters. The predicted octanol–water partition coefficient (Wildman–Crippen LogP) is 1.21. The van der Waals surface area contributed by atoms with Crippen LogP contribution in [0.4, 0.5) is 10.5 Å². The lowest BCUT2D eigenvalue weighted by Gasteiger charge is -2.22. The summed E-state index contributed by atoms with van der Waals surface area (Å²) in [6, 6.07) is 5.72. The molecular weight excluding hydrogens is 272 g/mol. The van der Waals surface area contributed by atoms with Gasteiger partial charge in [0.25, 0.3) is 0 Å². The standard InChI is InChI=1S/C11H16N2O5S/c1-3-13(9-6-5-7-10(14)8-9)19(16,17)12-11(15)18-4-2/h5-8,14H,3-4H2,1-2H3,(H,12,15). The Labute approximate surface area is 112 Å². The summed E-state index contributed by atoms with van der Waals surface area (Å²) in [6.07, 6.45) is -1.04. The molecule has 7 nitrogen and oxygen atoms in total. The second-order valence-corrected chi connectivity index (χ2v) is 5.11. The number of nitrogens with one attached hydrogen (secondary N) is 1. The molecule has 1 aromatic carbocycles. The maximum atomic E-state index is 12.0. The van der Waals surface area contributed by atoms with Gasteiger partial charge in [0.2, 0.25) is 0 Å². The number of aromatic hydroxyl groups is 1. The van der Waals surface area contributed by atoms with Gasteiger partial charge in [-0.3, -0.25) is 4.31 Å². The lowest BCUT2D eigenvalue weighted by atomic mass is 10.3. The summed E-state index contributed by atoms with van der Waals surface area (Å²) in [4.78, 5) is 11.2. The molecule has 0 spiro atoms. The molecule has 106 valence electrons. The quantitative estimate of drug-likeness (QED) is 0.849. The SMILES string of the molecule is CCOC(=O)NS(=O)(=O)N(CC)c1cccc(O)c1. The van der Waals surface area contributed by atoms with E-state index in [2.05, 4.69) is 4.74 Å². The number of hydrogen-bond donors (Lipinski definition) is 2. The van der Waals surface area contributed by atoms with Crippen LogP contribution < -0.4 is 9.03 Å². The van der Waals surface area contributed by atoms with Crippen molar-refractivity contribution in [3.8, 4) is 5.75 Å². The van der Waals surface area contributed by atoms with E-state index in [9.17, 15) is 18.3 Å². The average Bonchev–Trinajstić information content (AvgIpc) is 2.28. The maximum Gasteiger partial charge on any atom is 0.422 e. The molecule has 0 atom stereocenters. The van der Waals surface area contributed by atoms with Crippen LogP contribution >= 0.6 is 0 Å². The number of ether oxygens (including phenoxy) is 1. The predicted molar refractivity (Wildman–Crippen MR) is 70.2 cm³/mol. The van der Waals surface area contributed by atoms with E-state index in [4.69, 9.17) is 0 Å². The van der Waals surface area contributed by atoms with E-state index in [1.165, 1.54) is 24.3 Å². The monoisotopic (exact) mass is 288 g/mol. The van der Waals surface area contributed by atoms with Crippen LogP contribution in [0.15, 0.2) is 24.3 Å². The van der Waals surface area contributed by atoms with Gasteiger partial charge in [-0.2, -0.15) is 8.42 Å². The van der Waals surface area contributed by atoms with Gasteiger partial charge in [0, 0.05) is 12.6 Å². The van der Waals surface area contributed by atoms with E-state index in [0.717, 1.165) is 4.31 Å². The second kappa shape index (κ2) is 6.28. The number of phenolic OH excluding ortho intramolecular Hbond substituents is 1. The molecule has 0 fully saturated rings. The van der Waals surface area contributed by atoms with Gasteiger partial charge in [0.05, 0.1) is 12.3 Å². The number of hydrogen-bond acceptors (Lipinski definition) is 5. The molecule has 0 aliphatic rings. The number of benzene rings is 1. The third-order valence-electron chi connectivity index (χ3n) is 2.18. The van der Waals surface area contributed by atoms with Gasteiger partial charge in [-0.15, -0.1) is 0 Å². The topological polar surface area (TPSA) is 95.9 Å². The number of phenols is 1. The van der Waals surface area contributed by atoms with Gasteiger partial charge >= 0.3 is 16.3 Å². The van der Waals surface area contributed by atoms with Crippen molar-refractivity contribution >= 4 is 22.0 Å². The summed E-state index contributed by atoms with van der Waals surface area (Å²) in [5, 5.41) is 9.36. The molecule has 0 aliphatic carbocycles. The molecule has 1 amide bonds. The molecule has 0 aromatic heterocycles. The smallest absolute Gasteiger partial charge is 0.422 e. The Morgan fingerprint density at radius 2 is 2.11 bits per heavy atom. The lowest BCUT2D eigenvalue weighted by molar-refractivity contribution is 0.158. The maximum absolute atomic E-state index is 12.0. The summed E-state index contributed by atoms with van der Waals surface area (Å²) in [5.41, 5.74) is 0.249. The zero-order valence-corrected chi connectivity index (χ0v) is 11.5. The molecular formula is C11H16N2O5S. The van der Waals surface area contributed by atoms with Crippen LogP contribution in [-0.4, -0.2) is 32.8 Å². The Kier molecular flexibility index (Phi) is 4.99. The Bertz CT molecular complexity index is 544. The van der Waals surface area contributed by atoms with E-state index in [-0.39, 0.29) is 24.6 Å². The zero-order valence-electron chi connectivity index (χ0n) is 10.7. The van der Waals surface area contributed by atoms with Gasteiger partial charge in [-0.25, -0.2) is 9.52 Å². The molecule has 2 N–H and O–H groups in total. The largest absolute Gasteiger partial charge is 0.508 e. The fourth-order valence-corrected chi connectivity index (χ4v) is 2.57. The Hall–Kier alpha value is -1.96. The number of carbonyl (C=O) groups excluding carboxylic acids is 1. The molecule has 0 saturated carbocycles. The zero-order chi connectivity index (χ0) is 14.5. The van der Waals surface area contributed by atoms with Crippen molar-refractivity contribution in [2.24, 2.45) is 0 Å². The molecule has 1 rings (SSSR count). The van der Waals surface area contributed by atoms with Gasteiger partial charge in [0.1, 0.15) is 5.75 Å². The summed E-state index contributed by atoms with van der Waals surface area (Å²) in [5.74, 6) is -0.0673. The minimum Gasteiger partial charge on any atom is -0.508 e. The van der Waals surface area contributed by atoms with E-state index in [1.54, 1.807) is 18.6 Å². The third-order valence-corrected chi connectivity index (χ3v) is 3.66. The van der Waals surface area contributed by atoms with E-state index in [0.29, 0.717) is 0 Å². The van der Waals surface area contributed by atoms with Crippen LogP contribution in [0.2, 0.25) is 0 Å². The highest BCUT2D eigenvalue weighted by molar-refractivity contribution is 7.91. The number of rotatable bonds is 5. The van der Waals surface area contributed by atoms with E-state index >= 15 is 0 Å². The molecule has 0 saturated heterocycles. The molecule has 19 heavy (non-hydrogen) atoms. The van der Waals surface area contributed by atoms with Crippen LogP contribution in [0.1, 0.15) is 13.8 Å². The highest BCUT2D eigenvalue weighted by Crippen LogP contribution is 2.21. The first-order chi connectivity index (χ1) is 8.90. The van der Waals surface area contributed by atoms with Gasteiger partial charge in [-0.05, 0) is 26.0 Å². The Balaban J connectivity index is 2.99. The number of carbonyl (C=O) groups is 1. The summed E-state index contributed by atoms with van der Waals surface area (Å²) in [7, 11) is -4.07. The molecule has 0 bridgehead atoms. The number of anilines is 1. The van der Waals surface area contributed by atoms with Crippen molar-refractivity contribution in [2.45, 2.75) is 13.8 Å². The number of nitrogens with zero attached hydrogens (tertiary/aromatic N) is 1. The minimum atomic E-state index is -4.07. The van der Waals surface area contributed by atoms with Crippen molar-refractivity contribution in [1.82, 2.24) is 4.72 Å². The van der Waals surface area contributed by atoms with Crippen molar-refractivity contribution in [3.05, 3.63) is 24.3 Å². The second-order valence-electron chi connectivity index (χ2n) is 3.51. The normalized spacial score (nSPS) is 10.8. The highest BCUT2D eigenvalue weighted by atomic mass is 32.2. The molecule has 0 heterocycles. The lowest BCUT2D eigenvalue weighted by Crippen LogP contribution is -2.43. The van der Waals surface area contributed by atoms with Crippen LogP contribution in [-0.2, 0) is 14.9 Å². The number of amides is 1. The van der Waals surface area contributed by atoms with Crippen molar-refractivity contribution in [3.63, 3.8) is 0 Å². The van der Waals surface area contributed by atoms with Gasteiger partial charge in [0.15, 0.2) is 0 Å². The molecule has 1 aromatic rings. The molecule has 0 aliphatic heterocycles. The van der Waals surface area contributed by atoms with E-state index in [1.807, 2.05) is 0 Å². The molecule has 8 heteroatoms. The first kappa shape index (κ1) is 15.1. The van der Waals surface area contributed by atoms with Crippen molar-refractivity contribution in [1.29, 1.82) is 0 Å². The Morgan fingerprint density at radius 1 is 1.42 bits per heavy atom. The van der Waals surface area contributed by atoms with Crippen molar-refractivity contribution in [2.75, 3.05) is 17.5 Å². The van der Waals surface area contributed by atoms with Crippen LogP contribution in [0, 0.1) is 0 Å². The van der Waals surface area contributed by atoms with Gasteiger partial charge in [-0.1, -0.05) is 6.07 Å². The fraction of sp³-hybridized carbons (Fsp3) is 0.364. The Morgan fingerprint density at radius 3 is 2.63 bits per heavy atom. The first-order valence-electron chi connectivity index (χ1n) is 5.67. The average molecular weight is 288 g/mol. The summed E-state index contributed by atoms with van der Waals surface area (Å²) < 4.78 is 31.2. The minimum absolute atomic E-state index is 0.0673. The van der Waals surface area contributed by atoms with E-state index < -0.39 is 16.3 Å². The fourth-order valence-electron chi connectivity index (χ4n) is 1.46. The summed E-state index contributed by atoms with van der Waals surface area (Å²) in [6.45, 7) is 3.34. The van der Waals surface area contributed by atoms with Gasteiger partial charge < -0.3 is 9.84 Å². The third kappa shape index (κ3) is 4.02. The van der Waals surface area contributed by atoms with Crippen LogP contribution in [0.5, 0.6) is 5.75 Å². The van der Waals surface area contributed by atoms with Crippen molar-refractivity contribution < 1.29 is 23.1 Å².